The van der Waals surface area contributed by atoms with Crippen LogP contribution >= 0.6 is 11.6 Å². The van der Waals surface area contributed by atoms with Crippen molar-refractivity contribution in [2.24, 2.45) is 0 Å². The van der Waals surface area contributed by atoms with E-state index in [4.69, 9.17) is 11.6 Å². The van der Waals surface area contributed by atoms with E-state index in [0.29, 0.717) is 6.04 Å². The molecule has 1 saturated heterocycles. The van der Waals surface area contributed by atoms with E-state index in [1.54, 1.807) is 11.0 Å². The van der Waals surface area contributed by atoms with Crippen LogP contribution in [0.1, 0.15) is 12.8 Å². The van der Waals surface area contributed by atoms with Gasteiger partial charge in [0.25, 0.3) is 0 Å². The molecule has 0 bridgehead atoms. The van der Waals surface area contributed by atoms with Gasteiger partial charge in [-0.3, -0.25) is 0 Å². The standard InChI is InChI=1S/C13H16ClN5/c14-10-1-2-13(19-9-16-8-17-19)12(7-10)18-11-3-5-15-6-4-11/h1-2,7-9,11,15,18H,3-6H2. The number of halogens is 1. The Hall–Kier alpha value is -1.59. The van der Waals surface area contributed by atoms with Crippen LogP contribution in [0.3, 0.4) is 0 Å². The molecule has 2 heterocycles. The van der Waals surface area contributed by atoms with Crippen molar-refractivity contribution in [1.29, 1.82) is 0 Å². The van der Waals surface area contributed by atoms with Gasteiger partial charge in [-0.2, -0.15) is 5.10 Å². The molecule has 3 rings (SSSR count). The Bertz CT molecular complexity index is 534. The lowest BCUT2D eigenvalue weighted by Crippen LogP contribution is -2.35. The molecule has 6 heteroatoms. The van der Waals surface area contributed by atoms with Crippen LogP contribution in [0.4, 0.5) is 5.69 Å². The van der Waals surface area contributed by atoms with E-state index in [2.05, 4.69) is 20.7 Å². The summed E-state index contributed by atoms with van der Waals surface area (Å²) in [7, 11) is 0. The van der Waals surface area contributed by atoms with Crippen molar-refractivity contribution in [3.63, 3.8) is 0 Å². The topological polar surface area (TPSA) is 54.8 Å². The van der Waals surface area contributed by atoms with Gasteiger partial charge in [-0.25, -0.2) is 9.67 Å². The number of rotatable bonds is 3. The summed E-state index contributed by atoms with van der Waals surface area (Å²) in [6.07, 6.45) is 5.45. The lowest BCUT2D eigenvalue weighted by atomic mass is 10.1. The molecule has 0 aliphatic carbocycles. The maximum Gasteiger partial charge on any atom is 0.138 e. The summed E-state index contributed by atoms with van der Waals surface area (Å²) < 4.78 is 1.75. The molecule has 0 spiro atoms. The zero-order valence-corrected chi connectivity index (χ0v) is 11.3. The Balaban J connectivity index is 1.88. The second-order valence-electron chi connectivity index (χ2n) is 4.67. The van der Waals surface area contributed by atoms with E-state index in [9.17, 15) is 0 Å². The van der Waals surface area contributed by atoms with Crippen molar-refractivity contribution in [2.75, 3.05) is 18.4 Å². The smallest absolute Gasteiger partial charge is 0.138 e. The first kappa shape index (κ1) is 12.4. The summed E-state index contributed by atoms with van der Waals surface area (Å²) in [4.78, 5) is 3.99. The van der Waals surface area contributed by atoms with Crippen LogP contribution in [0.25, 0.3) is 5.69 Å². The van der Waals surface area contributed by atoms with Gasteiger partial charge in [-0.1, -0.05) is 11.6 Å². The van der Waals surface area contributed by atoms with Crippen LogP contribution in [-0.2, 0) is 0 Å². The van der Waals surface area contributed by atoms with Gasteiger partial charge >= 0.3 is 0 Å². The number of benzene rings is 1. The second kappa shape index (κ2) is 5.59. The number of anilines is 1. The molecule has 2 aromatic rings. The number of nitrogens with zero attached hydrogens (tertiary/aromatic N) is 3. The Morgan fingerprint density at radius 2 is 2.16 bits per heavy atom. The van der Waals surface area contributed by atoms with Crippen molar-refractivity contribution in [2.45, 2.75) is 18.9 Å². The van der Waals surface area contributed by atoms with E-state index in [-0.39, 0.29) is 0 Å². The van der Waals surface area contributed by atoms with Crippen molar-refractivity contribution in [1.82, 2.24) is 20.1 Å². The van der Waals surface area contributed by atoms with Crippen LogP contribution in [0.5, 0.6) is 0 Å². The second-order valence-corrected chi connectivity index (χ2v) is 5.11. The molecule has 1 aromatic carbocycles. The van der Waals surface area contributed by atoms with Crippen LogP contribution < -0.4 is 10.6 Å². The highest BCUT2D eigenvalue weighted by Crippen LogP contribution is 2.25. The van der Waals surface area contributed by atoms with Gasteiger partial charge in [0.15, 0.2) is 0 Å². The molecule has 19 heavy (non-hydrogen) atoms. The Labute approximate surface area is 117 Å². The van der Waals surface area contributed by atoms with Crippen LogP contribution in [0.2, 0.25) is 5.02 Å². The first-order chi connectivity index (χ1) is 9.33. The molecule has 1 aromatic heterocycles. The highest BCUT2D eigenvalue weighted by atomic mass is 35.5. The van der Waals surface area contributed by atoms with E-state index >= 15 is 0 Å². The summed E-state index contributed by atoms with van der Waals surface area (Å²) in [5.74, 6) is 0. The average molecular weight is 278 g/mol. The molecule has 100 valence electrons. The molecule has 5 nitrogen and oxygen atoms in total. The fraction of sp³-hybridized carbons (Fsp3) is 0.385. The molecule has 1 fully saturated rings. The minimum absolute atomic E-state index is 0.474. The third-order valence-corrected chi connectivity index (χ3v) is 3.56. The first-order valence-corrected chi connectivity index (χ1v) is 6.82. The van der Waals surface area contributed by atoms with Gasteiger partial charge in [0.2, 0.25) is 0 Å². The number of aromatic nitrogens is 3. The highest BCUT2D eigenvalue weighted by Gasteiger charge is 2.15. The molecule has 0 saturated carbocycles. The third kappa shape index (κ3) is 2.88. The van der Waals surface area contributed by atoms with E-state index in [1.807, 2.05) is 18.2 Å². The quantitative estimate of drug-likeness (QED) is 0.902. The highest BCUT2D eigenvalue weighted by molar-refractivity contribution is 6.31. The van der Waals surface area contributed by atoms with Gasteiger partial charge in [0, 0.05) is 11.1 Å². The van der Waals surface area contributed by atoms with Gasteiger partial charge in [0.05, 0.1) is 11.4 Å². The lowest BCUT2D eigenvalue weighted by Gasteiger charge is -2.25. The molecule has 0 amide bonds. The molecule has 2 N–H and O–H groups in total. The lowest BCUT2D eigenvalue weighted by molar-refractivity contribution is 0.479. The minimum atomic E-state index is 0.474. The van der Waals surface area contributed by atoms with Crippen molar-refractivity contribution in [3.8, 4) is 5.69 Å². The zero-order chi connectivity index (χ0) is 13.1. The summed E-state index contributed by atoms with van der Waals surface area (Å²) in [6.45, 7) is 2.10. The van der Waals surface area contributed by atoms with Gasteiger partial charge < -0.3 is 10.6 Å². The molecular formula is C13H16ClN5. The molecular weight excluding hydrogens is 262 g/mol. The van der Waals surface area contributed by atoms with Crippen molar-refractivity contribution in [3.05, 3.63) is 35.9 Å². The van der Waals surface area contributed by atoms with E-state index in [1.165, 1.54) is 6.33 Å². The van der Waals surface area contributed by atoms with Crippen LogP contribution in [0.15, 0.2) is 30.9 Å². The molecule has 0 radical (unpaired) electrons. The van der Waals surface area contributed by atoms with Gasteiger partial charge in [-0.05, 0) is 44.1 Å². The summed E-state index contributed by atoms with van der Waals surface area (Å²) >= 11 is 6.10. The zero-order valence-electron chi connectivity index (χ0n) is 10.5. The molecule has 1 aliphatic rings. The summed E-state index contributed by atoms with van der Waals surface area (Å²) in [5, 5.41) is 11.8. The predicted molar refractivity (Wildman–Crippen MR) is 75.9 cm³/mol. The predicted octanol–water partition coefficient (Wildman–Crippen LogP) is 2.08. The maximum absolute atomic E-state index is 6.10. The third-order valence-electron chi connectivity index (χ3n) is 3.32. The van der Waals surface area contributed by atoms with Crippen molar-refractivity contribution < 1.29 is 0 Å². The molecule has 0 unspecified atom stereocenters. The van der Waals surface area contributed by atoms with Crippen LogP contribution in [0, 0.1) is 0 Å². The van der Waals surface area contributed by atoms with Gasteiger partial charge in [-0.15, -0.1) is 0 Å². The number of piperidine rings is 1. The van der Waals surface area contributed by atoms with Crippen LogP contribution in [-0.4, -0.2) is 33.9 Å². The van der Waals surface area contributed by atoms with Gasteiger partial charge in [0.1, 0.15) is 12.7 Å². The normalized spacial score (nSPS) is 16.5. The Morgan fingerprint density at radius 1 is 1.32 bits per heavy atom. The molecule has 0 atom stereocenters. The van der Waals surface area contributed by atoms with E-state index < -0.39 is 0 Å². The number of nitrogens with one attached hydrogen (secondary N) is 2. The monoisotopic (exact) mass is 277 g/mol. The first-order valence-electron chi connectivity index (χ1n) is 6.45. The summed E-state index contributed by atoms with van der Waals surface area (Å²) in [5.41, 5.74) is 1.98. The fourth-order valence-corrected chi connectivity index (χ4v) is 2.51. The largest absolute Gasteiger partial charge is 0.380 e. The number of hydrogen-bond acceptors (Lipinski definition) is 4. The maximum atomic E-state index is 6.10. The fourth-order valence-electron chi connectivity index (χ4n) is 2.34. The number of hydrogen-bond donors (Lipinski definition) is 2. The van der Waals surface area contributed by atoms with Crippen molar-refractivity contribution >= 4 is 17.3 Å². The SMILES string of the molecule is Clc1ccc(-n2cncn2)c(NC2CCNCC2)c1. The Kier molecular flexibility index (Phi) is 3.66. The average Bonchev–Trinajstić information content (AvgIpc) is 2.94. The minimum Gasteiger partial charge on any atom is -0.380 e. The molecule has 1 aliphatic heterocycles. The summed E-state index contributed by atoms with van der Waals surface area (Å²) in [6, 6.07) is 6.25. The Morgan fingerprint density at radius 3 is 2.89 bits per heavy atom. The van der Waals surface area contributed by atoms with E-state index in [0.717, 1.165) is 42.3 Å².